The molecule has 2 unspecified atom stereocenters. The Morgan fingerprint density at radius 2 is 0.455 bits per heavy atom. The second-order valence-corrected chi connectivity index (χ2v) is 33.4. The van der Waals surface area contributed by atoms with Crippen LogP contribution in [-0.4, -0.2) is 96.7 Å². The summed E-state index contributed by atoms with van der Waals surface area (Å²) in [7, 11) is -9.92. The number of carbonyl (C=O) groups excluding carboxylic acids is 4. The summed E-state index contributed by atoms with van der Waals surface area (Å²) < 4.78 is 68.8. The highest BCUT2D eigenvalue weighted by atomic mass is 31.2. The van der Waals surface area contributed by atoms with Crippen LogP contribution in [0.4, 0.5) is 0 Å². The molecule has 101 heavy (non-hydrogen) atoms. The van der Waals surface area contributed by atoms with Crippen LogP contribution in [0.5, 0.6) is 0 Å². The maximum atomic E-state index is 13.1. The summed E-state index contributed by atoms with van der Waals surface area (Å²) in [4.78, 5) is 73.1. The van der Waals surface area contributed by atoms with E-state index in [1.165, 1.54) is 250 Å². The number of hydrogen-bond acceptors (Lipinski definition) is 15. The first-order chi connectivity index (χ1) is 48.9. The fraction of sp³-hybridized carbons (Fsp3) is 0.951. The van der Waals surface area contributed by atoms with Crippen molar-refractivity contribution in [2.45, 2.75) is 452 Å². The highest BCUT2D eigenvalue weighted by Gasteiger charge is 2.30. The van der Waals surface area contributed by atoms with Gasteiger partial charge in [-0.25, -0.2) is 9.13 Å². The van der Waals surface area contributed by atoms with Crippen LogP contribution in [0.1, 0.15) is 433 Å². The topological polar surface area (TPSA) is 237 Å². The summed E-state index contributed by atoms with van der Waals surface area (Å²) in [5, 5.41) is 10.7. The first-order valence-corrected chi connectivity index (χ1v) is 45.5. The highest BCUT2D eigenvalue weighted by molar-refractivity contribution is 7.47. The average Bonchev–Trinajstić information content (AvgIpc) is 1.000. The molecule has 5 atom stereocenters. The molecule has 600 valence electrons. The lowest BCUT2D eigenvalue weighted by Gasteiger charge is -2.21. The molecule has 19 heteroatoms. The molecule has 0 saturated heterocycles. The molecule has 0 aromatic heterocycles. The van der Waals surface area contributed by atoms with Gasteiger partial charge in [-0.2, -0.15) is 0 Å². The lowest BCUT2D eigenvalue weighted by molar-refractivity contribution is -0.161. The van der Waals surface area contributed by atoms with Crippen LogP contribution >= 0.6 is 15.6 Å². The maximum absolute atomic E-state index is 13.1. The first kappa shape index (κ1) is 99.1. The fourth-order valence-corrected chi connectivity index (χ4v) is 14.3. The van der Waals surface area contributed by atoms with Gasteiger partial charge in [-0.05, 0) is 37.5 Å². The second-order valence-electron chi connectivity index (χ2n) is 30.5. The van der Waals surface area contributed by atoms with Crippen molar-refractivity contribution in [3.05, 3.63) is 0 Å². The van der Waals surface area contributed by atoms with Crippen LogP contribution in [0.2, 0.25) is 0 Å². The zero-order chi connectivity index (χ0) is 74.2. The number of phosphoric acid groups is 2. The number of phosphoric ester groups is 2. The standard InChI is InChI=1S/C82H160O17P2/c1-7-9-11-13-15-17-19-21-23-25-27-31-36-42-49-55-61-67-81(86)98-77(70-92-79(84)64-58-52-46-40-34-32-28-29-33-38-44-50-56-62-74(3)4)72-96-100(88,89)94-68-76(83)69-95-101(90,91)97-73-78(71-93-80(85)65-59-53-47-43-37-39-45-51-57-63-75(5)6)99-82(87)66-60-54-48-41-35-30-26-24-22-20-18-16-14-12-10-8-2/h74-78,83H,7-73H2,1-6H3,(H,88,89)(H,90,91)/t76-,77-,78-/m1/s1. The molecule has 0 aliphatic carbocycles. The second kappa shape index (κ2) is 73.6. The van der Waals surface area contributed by atoms with E-state index in [4.69, 9.17) is 37.0 Å². The minimum absolute atomic E-state index is 0.108. The van der Waals surface area contributed by atoms with E-state index in [2.05, 4.69) is 41.5 Å². The zero-order valence-corrected chi connectivity index (χ0v) is 68.0. The summed E-state index contributed by atoms with van der Waals surface area (Å²) in [5.74, 6) is -0.570. The normalized spacial score (nSPS) is 13.9. The van der Waals surface area contributed by atoms with Gasteiger partial charge in [0.25, 0.3) is 0 Å². The van der Waals surface area contributed by atoms with E-state index in [1.54, 1.807) is 0 Å². The van der Waals surface area contributed by atoms with Crippen molar-refractivity contribution in [3.63, 3.8) is 0 Å². The monoisotopic (exact) mass is 1480 g/mol. The van der Waals surface area contributed by atoms with Crippen molar-refractivity contribution in [1.82, 2.24) is 0 Å². The first-order valence-electron chi connectivity index (χ1n) is 42.5. The number of hydrogen-bond donors (Lipinski definition) is 3. The number of unbranched alkanes of at least 4 members (excludes halogenated alkanes) is 51. The number of esters is 4. The average molecular weight is 1480 g/mol. The Morgan fingerprint density at radius 3 is 0.673 bits per heavy atom. The smallest absolute Gasteiger partial charge is 0.462 e. The van der Waals surface area contributed by atoms with Gasteiger partial charge < -0.3 is 33.8 Å². The SMILES string of the molecule is CCCCCCCCCCCCCCCCCCCC(=O)O[C@H](COC(=O)CCCCCCCCCCCCCCCC(C)C)COP(=O)(O)OC[C@@H](O)COP(=O)(O)OC[C@@H](COC(=O)CCCCCCCCCCCC(C)C)OC(=O)CCCCCCCCCCCCCCCCCC. The van der Waals surface area contributed by atoms with Crippen LogP contribution in [-0.2, 0) is 65.4 Å². The van der Waals surface area contributed by atoms with E-state index in [-0.39, 0.29) is 25.7 Å². The Bertz CT molecular complexity index is 1940. The van der Waals surface area contributed by atoms with Crippen LogP contribution in [0, 0.1) is 11.8 Å². The van der Waals surface area contributed by atoms with Gasteiger partial charge in [0.2, 0.25) is 0 Å². The minimum Gasteiger partial charge on any atom is -0.462 e. The summed E-state index contributed by atoms with van der Waals surface area (Å²) in [6.45, 7) is 9.65. The van der Waals surface area contributed by atoms with Gasteiger partial charge in [0, 0.05) is 25.7 Å². The molecule has 0 aromatic carbocycles. The molecular formula is C82H160O17P2. The summed E-state index contributed by atoms with van der Waals surface area (Å²) in [5.41, 5.74) is 0. The van der Waals surface area contributed by atoms with Gasteiger partial charge in [0.15, 0.2) is 12.2 Å². The van der Waals surface area contributed by atoms with Crippen molar-refractivity contribution in [2.24, 2.45) is 11.8 Å². The van der Waals surface area contributed by atoms with Crippen LogP contribution in [0.25, 0.3) is 0 Å². The van der Waals surface area contributed by atoms with E-state index in [0.717, 1.165) is 102 Å². The lowest BCUT2D eigenvalue weighted by atomic mass is 10.0. The predicted octanol–water partition coefficient (Wildman–Crippen LogP) is 24.7. The Hall–Kier alpha value is -1.94. The van der Waals surface area contributed by atoms with Gasteiger partial charge in [0.05, 0.1) is 26.4 Å². The summed E-state index contributed by atoms with van der Waals surface area (Å²) >= 11 is 0. The maximum Gasteiger partial charge on any atom is 0.472 e. The van der Waals surface area contributed by atoms with E-state index in [0.29, 0.717) is 25.7 Å². The van der Waals surface area contributed by atoms with Crippen molar-refractivity contribution < 1.29 is 80.2 Å². The van der Waals surface area contributed by atoms with Gasteiger partial charge >= 0.3 is 39.5 Å². The molecule has 0 aromatic rings. The molecule has 0 amide bonds. The molecule has 0 aliphatic heterocycles. The largest absolute Gasteiger partial charge is 0.472 e. The minimum atomic E-state index is -4.96. The van der Waals surface area contributed by atoms with Gasteiger partial charge in [-0.15, -0.1) is 0 Å². The molecule has 3 N–H and O–H groups in total. The van der Waals surface area contributed by atoms with E-state index in [1.807, 2.05) is 0 Å². The van der Waals surface area contributed by atoms with Gasteiger partial charge in [-0.3, -0.25) is 37.3 Å². The third-order valence-corrected chi connectivity index (χ3v) is 21.1. The van der Waals surface area contributed by atoms with Crippen molar-refractivity contribution in [3.8, 4) is 0 Å². The van der Waals surface area contributed by atoms with Crippen LogP contribution in [0.15, 0.2) is 0 Å². The summed E-state index contributed by atoms with van der Waals surface area (Å²) in [6, 6.07) is 0. The number of rotatable bonds is 81. The van der Waals surface area contributed by atoms with Gasteiger partial charge in [0.1, 0.15) is 19.3 Å². The molecule has 0 aliphatic rings. The van der Waals surface area contributed by atoms with Crippen LogP contribution in [0.3, 0.4) is 0 Å². The molecule has 0 fully saturated rings. The molecule has 0 saturated carbocycles. The van der Waals surface area contributed by atoms with Crippen molar-refractivity contribution in [2.75, 3.05) is 39.6 Å². The predicted molar refractivity (Wildman–Crippen MR) is 414 cm³/mol. The quantitative estimate of drug-likeness (QED) is 0.0222. The Morgan fingerprint density at radius 1 is 0.267 bits per heavy atom. The molecule has 0 spiro atoms. The van der Waals surface area contributed by atoms with Crippen LogP contribution < -0.4 is 0 Å². The molecular weight excluding hydrogens is 1320 g/mol. The molecule has 17 nitrogen and oxygen atoms in total. The van der Waals surface area contributed by atoms with Crippen molar-refractivity contribution in [1.29, 1.82) is 0 Å². The van der Waals surface area contributed by atoms with E-state index in [9.17, 15) is 43.2 Å². The third-order valence-electron chi connectivity index (χ3n) is 19.2. The lowest BCUT2D eigenvalue weighted by Crippen LogP contribution is -2.30. The highest BCUT2D eigenvalue weighted by Crippen LogP contribution is 2.45. The number of carbonyl (C=O) groups is 4. The van der Waals surface area contributed by atoms with E-state index >= 15 is 0 Å². The van der Waals surface area contributed by atoms with Crippen molar-refractivity contribution >= 4 is 39.5 Å². The molecule has 0 bridgehead atoms. The molecule has 0 radical (unpaired) electrons. The number of ether oxygens (including phenoxy) is 4. The Labute approximate surface area is 619 Å². The molecule has 0 heterocycles. The fourth-order valence-electron chi connectivity index (χ4n) is 12.7. The molecule has 0 rings (SSSR count). The third kappa shape index (κ3) is 76.1. The van der Waals surface area contributed by atoms with Gasteiger partial charge in [-0.1, -0.05) is 382 Å². The Kier molecular flexibility index (Phi) is 72.2. The van der Waals surface area contributed by atoms with E-state index < -0.39 is 97.5 Å². The summed E-state index contributed by atoms with van der Waals surface area (Å²) in [6.07, 6.45) is 63.7. The number of aliphatic hydroxyl groups excluding tert-OH is 1. The number of aliphatic hydroxyl groups is 1. The zero-order valence-electron chi connectivity index (χ0n) is 66.2. The Balaban J connectivity index is 5.27.